The first-order valence-electron chi connectivity index (χ1n) is 8.59. The lowest BCUT2D eigenvalue weighted by Gasteiger charge is -2.24. The number of nitriles is 1. The summed E-state index contributed by atoms with van der Waals surface area (Å²) in [5, 5.41) is 17.3. The van der Waals surface area contributed by atoms with Crippen LogP contribution in [0.4, 0.5) is 5.69 Å². The summed E-state index contributed by atoms with van der Waals surface area (Å²) in [5.74, 6) is -0.314. The Bertz CT molecular complexity index is 1100. The number of rotatable bonds is 5. The van der Waals surface area contributed by atoms with Crippen molar-refractivity contribution in [1.29, 1.82) is 5.26 Å². The van der Waals surface area contributed by atoms with E-state index in [-0.39, 0.29) is 31.0 Å². The average Bonchev–Trinajstić information content (AvgIpc) is 2.67. The van der Waals surface area contributed by atoms with E-state index in [4.69, 9.17) is 5.26 Å². The summed E-state index contributed by atoms with van der Waals surface area (Å²) in [6.45, 7) is 3.90. The van der Waals surface area contributed by atoms with Crippen LogP contribution in [0, 0.1) is 25.2 Å². The first kappa shape index (κ1) is 18.3. The third kappa shape index (κ3) is 3.70. The minimum absolute atomic E-state index is 0.192. The summed E-state index contributed by atoms with van der Waals surface area (Å²) in [6.07, 6.45) is 0.192. The quantitative estimate of drug-likeness (QED) is 0.695. The van der Waals surface area contributed by atoms with Crippen LogP contribution in [0.15, 0.2) is 47.3 Å². The van der Waals surface area contributed by atoms with E-state index in [0.717, 1.165) is 21.5 Å². The molecule has 0 saturated carbocycles. The van der Waals surface area contributed by atoms with Crippen LogP contribution in [0.5, 0.6) is 0 Å². The van der Waals surface area contributed by atoms with Crippen molar-refractivity contribution in [3.8, 4) is 6.07 Å². The number of hydrogen-bond donors (Lipinski definition) is 0. The predicted molar refractivity (Wildman–Crippen MR) is 102 cm³/mol. The van der Waals surface area contributed by atoms with Crippen molar-refractivity contribution in [2.75, 3.05) is 11.4 Å². The highest BCUT2D eigenvalue weighted by Gasteiger charge is 2.20. The largest absolute Gasteiger partial charge is 0.310 e. The Morgan fingerprint density at radius 1 is 1.19 bits per heavy atom. The second-order valence-corrected chi connectivity index (χ2v) is 6.24. The van der Waals surface area contributed by atoms with Crippen molar-refractivity contribution in [3.63, 3.8) is 0 Å². The number of carbonyl (C=O) groups is 1. The lowest BCUT2D eigenvalue weighted by molar-refractivity contribution is -0.119. The van der Waals surface area contributed by atoms with Gasteiger partial charge in [0.2, 0.25) is 5.91 Å². The third-order valence-corrected chi connectivity index (χ3v) is 4.53. The van der Waals surface area contributed by atoms with Gasteiger partial charge in [-0.1, -0.05) is 29.5 Å². The van der Waals surface area contributed by atoms with Gasteiger partial charge in [-0.3, -0.25) is 9.59 Å². The predicted octanol–water partition coefficient (Wildman–Crippen LogP) is 2.36. The number of aromatic nitrogens is 3. The van der Waals surface area contributed by atoms with Crippen molar-refractivity contribution in [2.24, 2.45) is 0 Å². The minimum Gasteiger partial charge on any atom is -0.310 e. The zero-order valence-electron chi connectivity index (χ0n) is 15.2. The summed E-state index contributed by atoms with van der Waals surface area (Å²) >= 11 is 0. The SMILES string of the molecule is Cc1cccc(N(CCC#N)C(=O)Cn2nnc3ccccc3c2=O)c1C. The van der Waals surface area contributed by atoms with Gasteiger partial charge in [-0.05, 0) is 43.2 Å². The molecule has 136 valence electrons. The van der Waals surface area contributed by atoms with Crippen LogP contribution in [-0.2, 0) is 11.3 Å². The number of fused-ring (bicyclic) bond motifs is 1. The molecule has 3 rings (SSSR count). The Labute approximate surface area is 156 Å². The van der Waals surface area contributed by atoms with Crippen molar-refractivity contribution in [2.45, 2.75) is 26.8 Å². The molecule has 7 heteroatoms. The molecule has 0 aliphatic carbocycles. The smallest absolute Gasteiger partial charge is 0.278 e. The van der Waals surface area contributed by atoms with Crippen molar-refractivity contribution < 1.29 is 4.79 Å². The van der Waals surface area contributed by atoms with Gasteiger partial charge in [0.1, 0.15) is 12.1 Å². The number of benzene rings is 2. The minimum atomic E-state index is -0.366. The zero-order chi connectivity index (χ0) is 19.4. The fraction of sp³-hybridized carbons (Fsp3) is 0.250. The molecule has 0 aliphatic heterocycles. The maximum absolute atomic E-state index is 13.0. The van der Waals surface area contributed by atoms with Crippen LogP contribution >= 0.6 is 0 Å². The van der Waals surface area contributed by atoms with E-state index >= 15 is 0 Å². The molecular weight excluding hydrogens is 342 g/mol. The highest BCUT2D eigenvalue weighted by atomic mass is 16.2. The number of nitrogens with zero attached hydrogens (tertiary/aromatic N) is 5. The highest BCUT2D eigenvalue weighted by Crippen LogP contribution is 2.23. The molecule has 0 atom stereocenters. The number of aryl methyl sites for hydroxylation is 1. The Morgan fingerprint density at radius 3 is 2.74 bits per heavy atom. The molecule has 1 amide bonds. The monoisotopic (exact) mass is 361 g/mol. The molecular formula is C20H19N5O2. The summed E-state index contributed by atoms with van der Waals surface area (Å²) in [4.78, 5) is 27.1. The first-order chi connectivity index (χ1) is 13.0. The first-order valence-corrected chi connectivity index (χ1v) is 8.59. The molecule has 0 N–H and O–H groups in total. The molecule has 0 radical (unpaired) electrons. The molecule has 0 spiro atoms. The normalized spacial score (nSPS) is 10.6. The maximum Gasteiger partial charge on any atom is 0.278 e. The van der Waals surface area contributed by atoms with Crippen molar-refractivity contribution >= 4 is 22.5 Å². The van der Waals surface area contributed by atoms with E-state index < -0.39 is 0 Å². The summed E-state index contributed by atoms with van der Waals surface area (Å²) in [5.41, 5.74) is 2.86. The van der Waals surface area contributed by atoms with E-state index in [0.29, 0.717) is 10.9 Å². The molecule has 0 bridgehead atoms. The second kappa shape index (κ2) is 7.79. The van der Waals surface area contributed by atoms with E-state index in [2.05, 4.69) is 16.4 Å². The lowest BCUT2D eigenvalue weighted by Crippen LogP contribution is -2.38. The van der Waals surface area contributed by atoms with Crippen LogP contribution in [0.1, 0.15) is 17.5 Å². The van der Waals surface area contributed by atoms with Gasteiger partial charge in [-0.25, -0.2) is 4.68 Å². The van der Waals surface area contributed by atoms with Gasteiger partial charge in [0.25, 0.3) is 5.56 Å². The van der Waals surface area contributed by atoms with Gasteiger partial charge in [0.05, 0.1) is 17.9 Å². The average molecular weight is 361 g/mol. The van der Waals surface area contributed by atoms with Crippen molar-refractivity contribution in [3.05, 3.63) is 63.9 Å². The molecule has 0 saturated heterocycles. The number of amides is 1. The van der Waals surface area contributed by atoms with E-state index in [1.54, 1.807) is 24.3 Å². The Morgan fingerprint density at radius 2 is 1.96 bits per heavy atom. The van der Waals surface area contributed by atoms with Crippen LogP contribution in [0.3, 0.4) is 0 Å². The van der Waals surface area contributed by atoms with Gasteiger partial charge < -0.3 is 4.90 Å². The molecule has 0 unspecified atom stereocenters. The lowest BCUT2D eigenvalue weighted by atomic mass is 10.1. The highest BCUT2D eigenvalue weighted by molar-refractivity contribution is 5.94. The summed E-state index contributed by atoms with van der Waals surface area (Å²) < 4.78 is 1.06. The van der Waals surface area contributed by atoms with Gasteiger partial charge in [0, 0.05) is 12.2 Å². The standard InChI is InChI=1S/C20H19N5O2/c1-14-7-5-10-18(15(14)2)24(12-6-11-21)19(26)13-25-20(27)16-8-3-4-9-17(16)22-23-25/h3-5,7-10H,6,12-13H2,1-2H3. The van der Waals surface area contributed by atoms with Crippen LogP contribution in [0.25, 0.3) is 10.9 Å². The Balaban J connectivity index is 1.96. The van der Waals surface area contributed by atoms with E-state index in [1.165, 1.54) is 4.90 Å². The van der Waals surface area contributed by atoms with Gasteiger partial charge in [-0.2, -0.15) is 5.26 Å². The molecule has 3 aromatic rings. The Hall–Kier alpha value is -3.53. The van der Waals surface area contributed by atoms with Crippen LogP contribution in [0.2, 0.25) is 0 Å². The molecule has 0 aliphatic rings. The van der Waals surface area contributed by atoms with Crippen molar-refractivity contribution in [1.82, 2.24) is 15.0 Å². The number of hydrogen-bond acceptors (Lipinski definition) is 5. The molecule has 27 heavy (non-hydrogen) atoms. The van der Waals surface area contributed by atoms with Gasteiger partial charge in [-0.15, -0.1) is 5.10 Å². The zero-order valence-corrected chi connectivity index (χ0v) is 15.2. The van der Waals surface area contributed by atoms with Gasteiger partial charge >= 0.3 is 0 Å². The number of anilines is 1. The fourth-order valence-corrected chi connectivity index (χ4v) is 2.91. The number of carbonyl (C=O) groups excluding carboxylic acids is 1. The second-order valence-electron chi connectivity index (χ2n) is 6.24. The molecule has 7 nitrogen and oxygen atoms in total. The summed E-state index contributed by atoms with van der Waals surface area (Å²) in [7, 11) is 0. The summed E-state index contributed by atoms with van der Waals surface area (Å²) in [6, 6.07) is 14.6. The van der Waals surface area contributed by atoms with E-state index in [1.807, 2.05) is 32.0 Å². The van der Waals surface area contributed by atoms with Crippen LogP contribution < -0.4 is 10.5 Å². The van der Waals surface area contributed by atoms with Crippen LogP contribution in [-0.4, -0.2) is 27.4 Å². The molecule has 2 aromatic carbocycles. The Kier molecular flexibility index (Phi) is 5.27. The molecule has 1 aromatic heterocycles. The molecule has 0 fully saturated rings. The molecule has 1 heterocycles. The maximum atomic E-state index is 13.0. The topological polar surface area (TPSA) is 91.9 Å². The fourth-order valence-electron chi connectivity index (χ4n) is 2.91. The van der Waals surface area contributed by atoms with E-state index in [9.17, 15) is 9.59 Å². The third-order valence-electron chi connectivity index (χ3n) is 4.53. The van der Waals surface area contributed by atoms with Gasteiger partial charge in [0.15, 0.2) is 0 Å².